The maximum Gasteiger partial charge on any atom is 0.225 e. The summed E-state index contributed by atoms with van der Waals surface area (Å²) in [7, 11) is 0. The number of amides is 1. The molecular weight excluding hydrogens is 295 g/mol. The molecule has 0 radical (unpaired) electrons. The molecule has 1 unspecified atom stereocenters. The molecule has 1 heterocycles. The van der Waals surface area contributed by atoms with Gasteiger partial charge in [0.25, 0.3) is 0 Å². The van der Waals surface area contributed by atoms with Crippen molar-refractivity contribution < 1.29 is 13.9 Å². The zero-order valence-corrected chi connectivity index (χ0v) is 12.8. The van der Waals surface area contributed by atoms with Gasteiger partial charge in [-0.05, 0) is 37.5 Å². The van der Waals surface area contributed by atoms with Crippen LogP contribution in [-0.4, -0.2) is 25.7 Å². The molecule has 1 fully saturated rings. The van der Waals surface area contributed by atoms with Crippen LogP contribution in [0, 0.1) is 11.2 Å². The number of carbonyl (C=O) groups is 1. The second-order valence-electron chi connectivity index (χ2n) is 5.53. The van der Waals surface area contributed by atoms with Crippen molar-refractivity contribution in [3.8, 4) is 0 Å². The molecule has 2 rings (SSSR count). The Kier molecular flexibility index (Phi) is 5.19. The van der Waals surface area contributed by atoms with Crippen LogP contribution in [0.3, 0.4) is 0 Å². The van der Waals surface area contributed by atoms with E-state index in [1.54, 1.807) is 6.07 Å². The molecule has 0 spiro atoms. The Morgan fingerprint density at radius 1 is 1.52 bits per heavy atom. The lowest BCUT2D eigenvalue weighted by Gasteiger charge is -2.35. The molecule has 4 nitrogen and oxygen atoms in total. The second-order valence-corrected chi connectivity index (χ2v) is 5.93. The lowest BCUT2D eigenvalue weighted by molar-refractivity contribution is -0.133. The van der Waals surface area contributed by atoms with E-state index in [1.807, 2.05) is 6.92 Å². The predicted molar refractivity (Wildman–Crippen MR) is 79.5 cm³/mol. The van der Waals surface area contributed by atoms with E-state index in [2.05, 4.69) is 5.32 Å². The number of rotatable bonds is 5. The minimum atomic E-state index is -0.584. The van der Waals surface area contributed by atoms with E-state index in [0.717, 1.165) is 5.56 Å². The Labute approximate surface area is 128 Å². The summed E-state index contributed by atoms with van der Waals surface area (Å²) < 4.78 is 18.4. The Morgan fingerprint density at radius 2 is 2.19 bits per heavy atom. The van der Waals surface area contributed by atoms with Gasteiger partial charge in [0.1, 0.15) is 5.82 Å². The summed E-state index contributed by atoms with van der Waals surface area (Å²) in [5, 5.41) is 3.66. The first kappa shape index (κ1) is 16.2. The van der Waals surface area contributed by atoms with Crippen molar-refractivity contribution in [2.75, 3.05) is 19.8 Å². The number of hydrogen-bond donors (Lipinski definition) is 2. The van der Waals surface area contributed by atoms with Gasteiger partial charge in [0.15, 0.2) is 0 Å². The highest BCUT2D eigenvalue weighted by Crippen LogP contribution is 2.31. The van der Waals surface area contributed by atoms with E-state index in [9.17, 15) is 9.18 Å². The number of ether oxygens (including phenoxy) is 1. The van der Waals surface area contributed by atoms with Gasteiger partial charge < -0.3 is 15.8 Å². The number of nitrogens with one attached hydrogen (secondary N) is 1. The Morgan fingerprint density at radius 3 is 2.76 bits per heavy atom. The molecule has 1 aliphatic rings. The monoisotopic (exact) mass is 314 g/mol. The molecule has 6 heteroatoms. The third-order valence-corrected chi connectivity index (χ3v) is 4.48. The summed E-state index contributed by atoms with van der Waals surface area (Å²) in [5.41, 5.74) is 5.78. The molecule has 1 aromatic rings. The van der Waals surface area contributed by atoms with Gasteiger partial charge in [0.05, 0.1) is 5.41 Å². The SMILES string of the molecule is CC(NCC1(C(N)=O)CCOCC1)c1ccc(F)cc1Cl. The van der Waals surface area contributed by atoms with Crippen molar-refractivity contribution in [1.29, 1.82) is 0 Å². The van der Waals surface area contributed by atoms with Crippen molar-refractivity contribution >= 4 is 17.5 Å². The van der Waals surface area contributed by atoms with E-state index < -0.39 is 5.41 Å². The van der Waals surface area contributed by atoms with Crippen LogP contribution >= 0.6 is 11.6 Å². The molecule has 1 aliphatic heterocycles. The van der Waals surface area contributed by atoms with Crippen molar-refractivity contribution in [1.82, 2.24) is 5.32 Å². The Hall–Kier alpha value is -1.17. The highest BCUT2D eigenvalue weighted by Gasteiger charge is 2.38. The van der Waals surface area contributed by atoms with Crippen LogP contribution in [0.2, 0.25) is 5.02 Å². The van der Waals surface area contributed by atoms with Crippen LogP contribution in [-0.2, 0) is 9.53 Å². The average molecular weight is 315 g/mol. The Bertz CT molecular complexity index is 518. The fraction of sp³-hybridized carbons (Fsp3) is 0.533. The zero-order chi connectivity index (χ0) is 15.5. The molecule has 0 aromatic heterocycles. The lowest BCUT2D eigenvalue weighted by Crippen LogP contribution is -2.48. The number of primary amides is 1. The lowest BCUT2D eigenvalue weighted by atomic mass is 9.79. The number of hydrogen-bond acceptors (Lipinski definition) is 3. The van der Waals surface area contributed by atoms with Crippen molar-refractivity contribution in [3.63, 3.8) is 0 Å². The highest BCUT2D eigenvalue weighted by molar-refractivity contribution is 6.31. The summed E-state index contributed by atoms with van der Waals surface area (Å²) in [4.78, 5) is 11.8. The summed E-state index contributed by atoms with van der Waals surface area (Å²) in [6.45, 7) is 3.46. The number of carbonyl (C=O) groups excluding carboxylic acids is 1. The fourth-order valence-electron chi connectivity index (χ4n) is 2.58. The van der Waals surface area contributed by atoms with Crippen molar-refractivity contribution in [3.05, 3.63) is 34.6 Å². The van der Waals surface area contributed by atoms with Gasteiger partial charge in [-0.3, -0.25) is 4.79 Å². The van der Waals surface area contributed by atoms with Gasteiger partial charge in [-0.1, -0.05) is 17.7 Å². The van der Waals surface area contributed by atoms with E-state index >= 15 is 0 Å². The smallest absolute Gasteiger partial charge is 0.225 e. The Balaban J connectivity index is 2.05. The van der Waals surface area contributed by atoms with Crippen LogP contribution in [0.1, 0.15) is 31.4 Å². The third kappa shape index (κ3) is 3.73. The summed E-state index contributed by atoms with van der Waals surface area (Å²) in [6, 6.07) is 4.21. The molecule has 1 atom stereocenters. The largest absolute Gasteiger partial charge is 0.381 e. The van der Waals surface area contributed by atoms with Gasteiger partial charge in [-0.15, -0.1) is 0 Å². The number of halogens is 2. The molecule has 116 valence electrons. The van der Waals surface area contributed by atoms with Crippen LogP contribution in [0.15, 0.2) is 18.2 Å². The molecule has 0 aliphatic carbocycles. The summed E-state index contributed by atoms with van der Waals surface area (Å²) in [6.07, 6.45) is 1.22. The highest BCUT2D eigenvalue weighted by atomic mass is 35.5. The molecular formula is C15H20ClFN2O2. The van der Waals surface area contributed by atoms with Crippen LogP contribution < -0.4 is 11.1 Å². The molecule has 3 N–H and O–H groups in total. The van der Waals surface area contributed by atoms with Gasteiger partial charge in [0, 0.05) is 30.8 Å². The van der Waals surface area contributed by atoms with Crippen LogP contribution in [0.25, 0.3) is 0 Å². The van der Waals surface area contributed by atoms with E-state index in [0.29, 0.717) is 37.6 Å². The molecule has 0 saturated carbocycles. The third-order valence-electron chi connectivity index (χ3n) is 4.15. The van der Waals surface area contributed by atoms with E-state index in [1.165, 1.54) is 12.1 Å². The van der Waals surface area contributed by atoms with Gasteiger partial charge in [0.2, 0.25) is 5.91 Å². The quantitative estimate of drug-likeness (QED) is 0.877. The molecule has 1 saturated heterocycles. The molecule has 0 bridgehead atoms. The number of benzene rings is 1. The molecule has 1 aromatic carbocycles. The van der Waals surface area contributed by atoms with Gasteiger partial charge in [-0.2, -0.15) is 0 Å². The summed E-state index contributed by atoms with van der Waals surface area (Å²) in [5.74, 6) is -0.676. The first-order valence-corrected chi connectivity index (χ1v) is 7.38. The zero-order valence-electron chi connectivity index (χ0n) is 12.0. The minimum Gasteiger partial charge on any atom is -0.381 e. The molecule has 1 amide bonds. The van der Waals surface area contributed by atoms with Crippen molar-refractivity contribution in [2.45, 2.75) is 25.8 Å². The topological polar surface area (TPSA) is 64.3 Å². The minimum absolute atomic E-state index is 0.0998. The maximum absolute atomic E-state index is 13.1. The normalized spacial score (nSPS) is 19.2. The van der Waals surface area contributed by atoms with Crippen molar-refractivity contribution in [2.24, 2.45) is 11.1 Å². The summed E-state index contributed by atoms with van der Waals surface area (Å²) >= 11 is 6.05. The fourth-order valence-corrected chi connectivity index (χ4v) is 2.91. The van der Waals surface area contributed by atoms with Gasteiger partial charge in [-0.25, -0.2) is 4.39 Å². The van der Waals surface area contributed by atoms with Crippen LogP contribution in [0.4, 0.5) is 4.39 Å². The predicted octanol–water partition coefficient (Wildman–Crippen LogP) is 2.41. The number of nitrogens with two attached hydrogens (primary N) is 1. The van der Waals surface area contributed by atoms with Crippen LogP contribution in [0.5, 0.6) is 0 Å². The molecule has 21 heavy (non-hydrogen) atoms. The first-order chi connectivity index (χ1) is 9.94. The first-order valence-electron chi connectivity index (χ1n) is 7.01. The average Bonchev–Trinajstić information content (AvgIpc) is 2.45. The van der Waals surface area contributed by atoms with Gasteiger partial charge >= 0.3 is 0 Å². The van der Waals surface area contributed by atoms with E-state index in [-0.39, 0.29) is 17.8 Å². The standard InChI is InChI=1S/C15H20ClFN2O2/c1-10(12-3-2-11(17)8-13(12)16)19-9-15(14(18)20)4-6-21-7-5-15/h2-3,8,10,19H,4-7,9H2,1H3,(H2,18,20). The maximum atomic E-state index is 13.1. The van der Waals surface area contributed by atoms with E-state index in [4.69, 9.17) is 22.1 Å². The second kappa shape index (κ2) is 6.73.